The molecule has 1 aromatic rings. The fourth-order valence-electron chi connectivity index (χ4n) is 2.24. The van der Waals surface area contributed by atoms with E-state index in [4.69, 9.17) is 16.7 Å². The van der Waals surface area contributed by atoms with Crippen molar-refractivity contribution in [3.05, 3.63) is 40.4 Å². The number of allylic oxidation sites excluding steroid dienone is 1. The van der Waals surface area contributed by atoms with Crippen LogP contribution in [0.3, 0.4) is 0 Å². The van der Waals surface area contributed by atoms with Crippen molar-refractivity contribution in [1.29, 1.82) is 0 Å². The lowest BCUT2D eigenvalue weighted by Gasteiger charge is -2.12. The van der Waals surface area contributed by atoms with Crippen LogP contribution in [-0.4, -0.2) is 17.0 Å². The second-order valence-corrected chi connectivity index (χ2v) is 5.24. The van der Waals surface area contributed by atoms with Crippen LogP contribution in [0, 0.1) is 0 Å². The third-order valence-corrected chi connectivity index (χ3v) is 3.57. The van der Waals surface area contributed by atoms with E-state index in [9.17, 15) is 9.59 Å². The van der Waals surface area contributed by atoms with Gasteiger partial charge in [-0.25, -0.2) is 4.79 Å². The van der Waals surface area contributed by atoms with Gasteiger partial charge in [0.15, 0.2) is 0 Å². The molecule has 0 saturated heterocycles. The van der Waals surface area contributed by atoms with Gasteiger partial charge in [-0.2, -0.15) is 0 Å². The number of hydrogen-bond acceptors (Lipinski definition) is 2. The third kappa shape index (κ3) is 3.84. The number of carbonyl (C=O) groups is 2. The summed E-state index contributed by atoms with van der Waals surface area (Å²) in [6, 6.07) is 4.39. The van der Waals surface area contributed by atoms with E-state index in [-0.39, 0.29) is 16.5 Å². The largest absolute Gasteiger partial charge is 0.478 e. The molecule has 20 heavy (non-hydrogen) atoms. The molecule has 0 radical (unpaired) electrons. The van der Waals surface area contributed by atoms with Gasteiger partial charge < -0.3 is 10.4 Å². The number of halogens is 1. The minimum atomic E-state index is -1.08. The first-order chi connectivity index (χ1) is 9.56. The Labute approximate surface area is 122 Å². The van der Waals surface area contributed by atoms with Crippen molar-refractivity contribution in [2.75, 3.05) is 5.32 Å². The minimum absolute atomic E-state index is 0.0275. The van der Waals surface area contributed by atoms with Crippen molar-refractivity contribution in [3.8, 4) is 0 Å². The molecule has 2 N–H and O–H groups in total. The molecule has 0 bridgehead atoms. The first-order valence-corrected chi connectivity index (χ1v) is 6.94. The number of rotatable bonds is 4. The number of amides is 1. The van der Waals surface area contributed by atoms with Crippen molar-refractivity contribution in [1.82, 2.24) is 0 Å². The Balaban J connectivity index is 1.99. The summed E-state index contributed by atoms with van der Waals surface area (Å²) in [5.74, 6) is -1.18. The van der Waals surface area contributed by atoms with E-state index in [0.717, 1.165) is 19.3 Å². The van der Waals surface area contributed by atoms with Crippen molar-refractivity contribution in [2.24, 2.45) is 0 Å². The summed E-state index contributed by atoms with van der Waals surface area (Å²) in [5.41, 5.74) is 1.71. The molecule has 0 unspecified atom stereocenters. The molecular formula is C15H16ClNO3. The fourth-order valence-corrected chi connectivity index (χ4v) is 2.50. The third-order valence-electron chi connectivity index (χ3n) is 3.26. The van der Waals surface area contributed by atoms with E-state index in [1.807, 2.05) is 0 Å². The lowest BCUT2D eigenvalue weighted by Crippen LogP contribution is -2.13. The number of benzene rings is 1. The fraction of sp³-hybridized carbons (Fsp3) is 0.333. The Hall–Kier alpha value is -1.81. The number of carboxylic acids is 1. The van der Waals surface area contributed by atoms with Crippen LogP contribution in [0.2, 0.25) is 5.02 Å². The maximum absolute atomic E-state index is 11.9. The smallest absolute Gasteiger partial charge is 0.337 e. The second-order valence-electron chi connectivity index (χ2n) is 4.83. The molecule has 106 valence electrons. The molecule has 0 saturated carbocycles. The van der Waals surface area contributed by atoms with Crippen LogP contribution in [0.25, 0.3) is 0 Å². The van der Waals surface area contributed by atoms with Crippen LogP contribution < -0.4 is 5.32 Å². The monoisotopic (exact) mass is 293 g/mol. The normalized spacial score (nSPS) is 14.6. The van der Waals surface area contributed by atoms with Crippen molar-refractivity contribution in [2.45, 2.75) is 32.1 Å². The Morgan fingerprint density at radius 1 is 1.30 bits per heavy atom. The quantitative estimate of drug-likeness (QED) is 0.828. The highest BCUT2D eigenvalue weighted by Crippen LogP contribution is 2.23. The van der Waals surface area contributed by atoms with E-state index >= 15 is 0 Å². The summed E-state index contributed by atoms with van der Waals surface area (Å²) in [6.45, 7) is 0. The van der Waals surface area contributed by atoms with Crippen molar-refractivity contribution < 1.29 is 14.7 Å². The molecular weight excluding hydrogens is 278 g/mol. The zero-order chi connectivity index (χ0) is 14.5. The maximum atomic E-state index is 11.9. The summed E-state index contributed by atoms with van der Waals surface area (Å²) in [6.07, 6.45) is 6.87. The molecule has 0 aromatic heterocycles. The number of carboxylic acid groups (broad SMARTS) is 1. The highest BCUT2D eigenvalue weighted by molar-refractivity contribution is 6.33. The Morgan fingerprint density at radius 3 is 2.70 bits per heavy atom. The second kappa shape index (κ2) is 6.57. The van der Waals surface area contributed by atoms with Crippen LogP contribution in [-0.2, 0) is 4.79 Å². The average Bonchev–Trinajstić information content (AvgIpc) is 2.39. The Kier molecular flexibility index (Phi) is 4.79. The minimum Gasteiger partial charge on any atom is -0.478 e. The van der Waals surface area contributed by atoms with E-state index in [0.29, 0.717) is 12.1 Å². The van der Waals surface area contributed by atoms with Crippen LogP contribution in [0.4, 0.5) is 5.69 Å². The van der Waals surface area contributed by atoms with Crippen LogP contribution in [0.1, 0.15) is 42.5 Å². The zero-order valence-corrected chi connectivity index (χ0v) is 11.7. The molecule has 0 heterocycles. The van der Waals surface area contributed by atoms with E-state index in [1.54, 1.807) is 6.07 Å². The maximum Gasteiger partial charge on any atom is 0.337 e. The van der Waals surface area contributed by atoms with Crippen LogP contribution in [0.15, 0.2) is 29.8 Å². The summed E-state index contributed by atoms with van der Waals surface area (Å²) in [5, 5.41) is 11.7. The van der Waals surface area contributed by atoms with E-state index < -0.39 is 5.97 Å². The molecule has 5 heteroatoms. The van der Waals surface area contributed by atoms with Gasteiger partial charge in [0.05, 0.1) is 10.6 Å². The lowest BCUT2D eigenvalue weighted by molar-refractivity contribution is -0.115. The Bertz CT molecular complexity index is 566. The lowest BCUT2D eigenvalue weighted by atomic mass is 9.97. The molecule has 4 nitrogen and oxygen atoms in total. The highest BCUT2D eigenvalue weighted by atomic mass is 35.5. The number of hydrogen-bond donors (Lipinski definition) is 2. The van der Waals surface area contributed by atoms with Gasteiger partial charge in [0.25, 0.3) is 0 Å². The molecule has 0 fully saturated rings. The Morgan fingerprint density at radius 2 is 2.10 bits per heavy atom. The molecule has 1 amide bonds. The first-order valence-electron chi connectivity index (χ1n) is 6.57. The first kappa shape index (κ1) is 14.6. The number of anilines is 1. The van der Waals surface area contributed by atoms with E-state index in [2.05, 4.69) is 11.4 Å². The summed E-state index contributed by atoms with van der Waals surface area (Å²) < 4.78 is 0. The van der Waals surface area contributed by atoms with Gasteiger partial charge >= 0.3 is 5.97 Å². The van der Waals surface area contributed by atoms with Gasteiger partial charge in [-0.3, -0.25) is 4.79 Å². The predicted octanol–water partition coefficient (Wildman–Crippen LogP) is 3.87. The van der Waals surface area contributed by atoms with Gasteiger partial charge in [-0.1, -0.05) is 23.3 Å². The molecule has 1 aliphatic rings. The number of carbonyl (C=O) groups excluding carboxylic acids is 1. The SMILES string of the molecule is O=C(CC1=CCCCC1)Nc1ccc(C(=O)O)c(Cl)c1. The molecule has 0 aliphatic heterocycles. The molecule has 0 atom stereocenters. The zero-order valence-electron chi connectivity index (χ0n) is 11.0. The van der Waals surface area contributed by atoms with Gasteiger partial charge in [0.1, 0.15) is 0 Å². The molecule has 1 aliphatic carbocycles. The van der Waals surface area contributed by atoms with Gasteiger partial charge in [-0.05, 0) is 43.9 Å². The van der Waals surface area contributed by atoms with Gasteiger partial charge in [0, 0.05) is 12.1 Å². The van der Waals surface area contributed by atoms with Crippen molar-refractivity contribution >= 4 is 29.2 Å². The molecule has 0 spiro atoms. The summed E-state index contributed by atoms with van der Waals surface area (Å²) in [4.78, 5) is 22.7. The highest BCUT2D eigenvalue weighted by Gasteiger charge is 2.12. The topological polar surface area (TPSA) is 66.4 Å². The average molecular weight is 294 g/mol. The predicted molar refractivity (Wildman–Crippen MR) is 78.2 cm³/mol. The summed E-state index contributed by atoms with van der Waals surface area (Å²) >= 11 is 5.86. The molecule has 1 aromatic carbocycles. The van der Waals surface area contributed by atoms with E-state index in [1.165, 1.54) is 24.1 Å². The standard InChI is InChI=1S/C15H16ClNO3/c16-13-9-11(6-7-12(13)15(19)20)17-14(18)8-10-4-2-1-3-5-10/h4,6-7,9H,1-3,5,8H2,(H,17,18)(H,19,20). The number of aromatic carboxylic acids is 1. The van der Waals surface area contributed by atoms with Crippen molar-refractivity contribution in [3.63, 3.8) is 0 Å². The van der Waals surface area contributed by atoms with Crippen LogP contribution >= 0.6 is 11.6 Å². The number of nitrogens with one attached hydrogen (secondary N) is 1. The van der Waals surface area contributed by atoms with Gasteiger partial charge in [-0.15, -0.1) is 0 Å². The molecule has 2 rings (SSSR count). The van der Waals surface area contributed by atoms with Crippen LogP contribution in [0.5, 0.6) is 0 Å². The summed E-state index contributed by atoms with van der Waals surface area (Å²) in [7, 11) is 0. The van der Waals surface area contributed by atoms with Gasteiger partial charge in [0.2, 0.25) is 5.91 Å².